The summed E-state index contributed by atoms with van der Waals surface area (Å²) in [5, 5.41) is 9.39. The van der Waals surface area contributed by atoms with Gasteiger partial charge >= 0.3 is 5.97 Å². The molecule has 3 heteroatoms. The third-order valence-corrected chi connectivity index (χ3v) is 3.23. The molecule has 0 heterocycles. The fourth-order valence-electron chi connectivity index (χ4n) is 1.86. The number of esters is 1. The van der Waals surface area contributed by atoms with Gasteiger partial charge in [-0.25, -0.2) is 4.79 Å². The van der Waals surface area contributed by atoms with E-state index in [9.17, 15) is 9.90 Å². The van der Waals surface area contributed by atoms with E-state index in [4.69, 9.17) is 4.74 Å². The van der Waals surface area contributed by atoms with Gasteiger partial charge < -0.3 is 9.84 Å². The topological polar surface area (TPSA) is 46.5 Å². The first-order valence-corrected chi connectivity index (χ1v) is 7.58. The SMILES string of the molecule is C=C(C)C(=O)OCCCCCCCCCC(O)CC. The van der Waals surface area contributed by atoms with Crippen LogP contribution in [-0.4, -0.2) is 23.8 Å². The van der Waals surface area contributed by atoms with E-state index in [-0.39, 0.29) is 12.1 Å². The van der Waals surface area contributed by atoms with Gasteiger partial charge in [0.25, 0.3) is 0 Å². The summed E-state index contributed by atoms with van der Waals surface area (Å²) in [6.45, 7) is 7.73. The van der Waals surface area contributed by atoms with Gasteiger partial charge in [-0.15, -0.1) is 0 Å². The summed E-state index contributed by atoms with van der Waals surface area (Å²) in [4.78, 5) is 11.1. The summed E-state index contributed by atoms with van der Waals surface area (Å²) >= 11 is 0. The third-order valence-electron chi connectivity index (χ3n) is 3.23. The average molecular weight is 270 g/mol. The molecule has 0 aromatic rings. The molecule has 1 N–H and O–H groups in total. The second kappa shape index (κ2) is 12.2. The molecule has 0 aliphatic rings. The molecule has 0 aliphatic carbocycles. The van der Waals surface area contributed by atoms with Crippen LogP contribution in [0.3, 0.4) is 0 Å². The summed E-state index contributed by atoms with van der Waals surface area (Å²) in [5.41, 5.74) is 0.467. The molecule has 19 heavy (non-hydrogen) atoms. The van der Waals surface area contributed by atoms with Crippen molar-refractivity contribution in [2.75, 3.05) is 6.61 Å². The van der Waals surface area contributed by atoms with E-state index in [1.807, 2.05) is 6.92 Å². The fourth-order valence-corrected chi connectivity index (χ4v) is 1.86. The Bertz CT molecular complexity index is 248. The Morgan fingerprint density at radius 1 is 1.11 bits per heavy atom. The zero-order valence-corrected chi connectivity index (χ0v) is 12.6. The van der Waals surface area contributed by atoms with Crippen molar-refractivity contribution in [2.45, 2.75) is 77.7 Å². The summed E-state index contributed by atoms with van der Waals surface area (Å²) in [6, 6.07) is 0. The Labute approximate surface area is 118 Å². The van der Waals surface area contributed by atoms with E-state index in [0.29, 0.717) is 12.2 Å². The largest absolute Gasteiger partial charge is 0.462 e. The average Bonchev–Trinajstić information content (AvgIpc) is 2.39. The van der Waals surface area contributed by atoms with Crippen molar-refractivity contribution in [2.24, 2.45) is 0 Å². The summed E-state index contributed by atoms with van der Waals surface area (Å²) in [7, 11) is 0. The molecule has 0 saturated heterocycles. The monoisotopic (exact) mass is 270 g/mol. The molecule has 0 rings (SSSR count). The fraction of sp³-hybridized carbons (Fsp3) is 0.812. The van der Waals surface area contributed by atoms with Crippen LogP contribution in [0.15, 0.2) is 12.2 Å². The van der Waals surface area contributed by atoms with E-state index in [0.717, 1.165) is 32.1 Å². The van der Waals surface area contributed by atoms with Crippen LogP contribution < -0.4 is 0 Å². The molecular weight excluding hydrogens is 240 g/mol. The molecule has 0 aromatic carbocycles. The molecule has 0 bridgehead atoms. The van der Waals surface area contributed by atoms with E-state index in [1.165, 1.54) is 25.7 Å². The van der Waals surface area contributed by atoms with E-state index in [1.54, 1.807) is 6.92 Å². The van der Waals surface area contributed by atoms with Crippen LogP contribution in [0.5, 0.6) is 0 Å². The highest BCUT2D eigenvalue weighted by Crippen LogP contribution is 2.11. The minimum atomic E-state index is -0.283. The Morgan fingerprint density at radius 2 is 1.63 bits per heavy atom. The Hall–Kier alpha value is -0.830. The second-order valence-electron chi connectivity index (χ2n) is 5.24. The first-order chi connectivity index (χ1) is 9.07. The molecule has 0 aromatic heterocycles. The van der Waals surface area contributed by atoms with Gasteiger partial charge in [0.15, 0.2) is 0 Å². The lowest BCUT2D eigenvalue weighted by Crippen LogP contribution is -2.06. The number of carbonyl (C=O) groups is 1. The lowest BCUT2D eigenvalue weighted by molar-refractivity contribution is -0.139. The van der Waals surface area contributed by atoms with E-state index >= 15 is 0 Å². The van der Waals surface area contributed by atoms with Crippen molar-refractivity contribution >= 4 is 5.97 Å². The second-order valence-corrected chi connectivity index (χ2v) is 5.24. The van der Waals surface area contributed by atoms with Gasteiger partial charge in [0.05, 0.1) is 12.7 Å². The third kappa shape index (κ3) is 12.0. The molecule has 1 atom stereocenters. The molecule has 0 saturated carbocycles. The van der Waals surface area contributed by atoms with Crippen molar-refractivity contribution < 1.29 is 14.6 Å². The first kappa shape index (κ1) is 18.2. The minimum Gasteiger partial charge on any atom is -0.462 e. The number of ether oxygens (including phenoxy) is 1. The maximum atomic E-state index is 11.1. The number of rotatable bonds is 12. The maximum Gasteiger partial charge on any atom is 0.333 e. The molecule has 112 valence electrons. The summed E-state index contributed by atoms with van der Waals surface area (Å²) < 4.78 is 5.02. The molecular formula is C16H30O3. The maximum absolute atomic E-state index is 11.1. The number of aliphatic hydroxyl groups is 1. The predicted octanol–water partition coefficient (Wildman–Crippen LogP) is 4.00. The Kier molecular flexibility index (Phi) is 11.7. The minimum absolute atomic E-state index is 0.108. The highest BCUT2D eigenvalue weighted by molar-refractivity contribution is 5.86. The van der Waals surface area contributed by atoms with Gasteiger partial charge in [0.2, 0.25) is 0 Å². The van der Waals surface area contributed by atoms with Crippen LogP contribution in [-0.2, 0) is 9.53 Å². The molecule has 1 unspecified atom stereocenters. The van der Waals surface area contributed by atoms with Crippen molar-refractivity contribution in [1.82, 2.24) is 0 Å². The molecule has 0 amide bonds. The lowest BCUT2D eigenvalue weighted by Gasteiger charge is -2.07. The van der Waals surface area contributed by atoms with Crippen molar-refractivity contribution in [1.29, 1.82) is 0 Å². The van der Waals surface area contributed by atoms with Gasteiger partial charge in [-0.2, -0.15) is 0 Å². The number of hydrogen-bond acceptors (Lipinski definition) is 3. The first-order valence-electron chi connectivity index (χ1n) is 7.58. The normalized spacial score (nSPS) is 12.2. The standard InChI is InChI=1S/C16H30O3/c1-4-15(17)12-10-8-6-5-7-9-11-13-19-16(18)14(2)3/h15,17H,2,4-13H2,1,3H3. The zero-order valence-electron chi connectivity index (χ0n) is 12.6. The number of aliphatic hydroxyl groups excluding tert-OH is 1. The summed E-state index contributed by atoms with van der Waals surface area (Å²) in [6.07, 6.45) is 9.75. The zero-order chi connectivity index (χ0) is 14.5. The highest BCUT2D eigenvalue weighted by Gasteiger charge is 2.02. The molecule has 0 fully saturated rings. The lowest BCUT2D eigenvalue weighted by atomic mass is 10.1. The van der Waals surface area contributed by atoms with Crippen molar-refractivity contribution in [3.05, 3.63) is 12.2 Å². The van der Waals surface area contributed by atoms with Crippen LogP contribution >= 0.6 is 0 Å². The quantitative estimate of drug-likeness (QED) is 0.331. The molecule has 0 spiro atoms. The van der Waals surface area contributed by atoms with Gasteiger partial charge in [-0.1, -0.05) is 52.0 Å². The number of carbonyl (C=O) groups excluding carboxylic acids is 1. The molecule has 3 nitrogen and oxygen atoms in total. The van der Waals surface area contributed by atoms with Crippen molar-refractivity contribution in [3.63, 3.8) is 0 Å². The van der Waals surface area contributed by atoms with Crippen LogP contribution in [0.25, 0.3) is 0 Å². The van der Waals surface area contributed by atoms with Gasteiger partial charge in [-0.3, -0.25) is 0 Å². The predicted molar refractivity (Wildman–Crippen MR) is 79.0 cm³/mol. The van der Waals surface area contributed by atoms with Crippen LogP contribution in [0, 0.1) is 0 Å². The van der Waals surface area contributed by atoms with Gasteiger partial charge in [-0.05, 0) is 26.2 Å². The van der Waals surface area contributed by atoms with Crippen LogP contribution in [0.4, 0.5) is 0 Å². The Morgan fingerprint density at radius 3 is 2.16 bits per heavy atom. The summed E-state index contributed by atoms with van der Waals surface area (Å²) in [5.74, 6) is -0.283. The molecule has 0 aliphatic heterocycles. The number of hydrogen-bond donors (Lipinski definition) is 1. The van der Waals surface area contributed by atoms with E-state index < -0.39 is 0 Å². The van der Waals surface area contributed by atoms with Crippen LogP contribution in [0.1, 0.15) is 71.6 Å². The van der Waals surface area contributed by atoms with Gasteiger partial charge in [0.1, 0.15) is 0 Å². The van der Waals surface area contributed by atoms with Crippen LogP contribution in [0.2, 0.25) is 0 Å². The van der Waals surface area contributed by atoms with E-state index in [2.05, 4.69) is 6.58 Å². The molecule has 0 radical (unpaired) electrons. The van der Waals surface area contributed by atoms with Crippen molar-refractivity contribution in [3.8, 4) is 0 Å². The van der Waals surface area contributed by atoms with Gasteiger partial charge in [0, 0.05) is 5.57 Å². The highest BCUT2D eigenvalue weighted by atomic mass is 16.5. The number of unbranched alkanes of at least 4 members (excludes halogenated alkanes) is 6. The smallest absolute Gasteiger partial charge is 0.333 e. The Balaban J connectivity index is 3.15.